The molecule has 0 fully saturated rings. The maximum Gasteiger partial charge on any atom is 0.351 e. The molecule has 4 nitrogen and oxygen atoms in total. The number of hydrogen-bond acceptors (Lipinski definition) is 4. The maximum atomic E-state index is 11.3. The molecule has 0 atom stereocenters. The first-order valence-electron chi connectivity index (χ1n) is 4.30. The van der Waals surface area contributed by atoms with Gasteiger partial charge in [-0.05, 0) is 35.0 Å². The molecule has 78 valence electrons. The van der Waals surface area contributed by atoms with Crippen molar-refractivity contribution in [3.63, 3.8) is 0 Å². The summed E-state index contributed by atoms with van der Waals surface area (Å²) < 4.78 is 5.59. The SMILES string of the molecule is CCOC(=O)/C(C#N)=C1\C=CC(Br)=CN1. The van der Waals surface area contributed by atoms with Crippen LogP contribution in [0, 0.1) is 11.3 Å². The molecule has 0 aliphatic carbocycles. The molecule has 5 heteroatoms. The van der Waals surface area contributed by atoms with Crippen molar-refractivity contribution in [2.24, 2.45) is 0 Å². The monoisotopic (exact) mass is 268 g/mol. The fourth-order valence-electron chi connectivity index (χ4n) is 0.980. The van der Waals surface area contributed by atoms with Crippen LogP contribution in [0.4, 0.5) is 0 Å². The van der Waals surface area contributed by atoms with E-state index in [9.17, 15) is 4.79 Å². The number of carbonyl (C=O) groups is 1. The lowest BCUT2D eigenvalue weighted by Crippen LogP contribution is -2.16. The van der Waals surface area contributed by atoms with E-state index in [4.69, 9.17) is 10.00 Å². The van der Waals surface area contributed by atoms with Gasteiger partial charge in [0.2, 0.25) is 0 Å². The number of rotatable bonds is 2. The van der Waals surface area contributed by atoms with Crippen molar-refractivity contribution in [1.29, 1.82) is 5.26 Å². The van der Waals surface area contributed by atoms with E-state index < -0.39 is 5.97 Å². The van der Waals surface area contributed by atoms with Crippen LogP contribution in [0.1, 0.15) is 6.92 Å². The van der Waals surface area contributed by atoms with Crippen LogP contribution in [0.25, 0.3) is 0 Å². The van der Waals surface area contributed by atoms with Crippen molar-refractivity contribution in [1.82, 2.24) is 5.32 Å². The smallest absolute Gasteiger partial charge is 0.351 e. The van der Waals surface area contributed by atoms with E-state index in [0.717, 1.165) is 4.48 Å². The molecule has 0 saturated carbocycles. The molecule has 0 aromatic carbocycles. The second-order valence-corrected chi connectivity index (χ2v) is 3.54. The molecule has 0 aromatic heterocycles. The van der Waals surface area contributed by atoms with Gasteiger partial charge in [-0.3, -0.25) is 0 Å². The molecule has 0 spiro atoms. The third-order valence-electron chi connectivity index (χ3n) is 1.64. The molecular formula is C10H9BrN2O2. The Morgan fingerprint density at radius 1 is 1.67 bits per heavy atom. The number of hydrogen-bond donors (Lipinski definition) is 1. The molecular weight excluding hydrogens is 260 g/mol. The molecule has 1 rings (SSSR count). The van der Waals surface area contributed by atoms with Gasteiger partial charge in [0.05, 0.1) is 12.3 Å². The highest BCUT2D eigenvalue weighted by Crippen LogP contribution is 2.15. The molecule has 1 aliphatic heterocycles. The average molecular weight is 269 g/mol. The second-order valence-electron chi connectivity index (χ2n) is 2.63. The van der Waals surface area contributed by atoms with Crippen LogP contribution in [0.2, 0.25) is 0 Å². The normalized spacial score (nSPS) is 17.3. The fourth-order valence-corrected chi connectivity index (χ4v) is 1.23. The van der Waals surface area contributed by atoms with E-state index >= 15 is 0 Å². The summed E-state index contributed by atoms with van der Waals surface area (Å²) in [7, 11) is 0. The topological polar surface area (TPSA) is 62.1 Å². The Bertz CT molecular complexity index is 402. The minimum Gasteiger partial charge on any atom is -0.462 e. The van der Waals surface area contributed by atoms with Gasteiger partial charge < -0.3 is 10.1 Å². The van der Waals surface area contributed by atoms with Crippen molar-refractivity contribution < 1.29 is 9.53 Å². The third kappa shape index (κ3) is 2.96. The highest BCUT2D eigenvalue weighted by atomic mass is 79.9. The molecule has 0 saturated heterocycles. The molecule has 1 aliphatic rings. The van der Waals surface area contributed by atoms with E-state index in [1.165, 1.54) is 0 Å². The molecule has 1 heterocycles. The molecule has 15 heavy (non-hydrogen) atoms. The third-order valence-corrected chi connectivity index (χ3v) is 2.13. The number of nitrogens with one attached hydrogen (secondary N) is 1. The molecule has 0 unspecified atom stereocenters. The lowest BCUT2D eigenvalue weighted by Gasteiger charge is -2.09. The van der Waals surface area contributed by atoms with Crippen molar-refractivity contribution in [3.8, 4) is 6.07 Å². The predicted molar refractivity (Wildman–Crippen MR) is 58.6 cm³/mol. The van der Waals surface area contributed by atoms with Crippen molar-refractivity contribution in [2.75, 3.05) is 6.61 Å². The Labute approximate surface area is 96.0 Å². The van der Waals surface area contributed by atoms with Crippen LogP contribution in [0.15, 0.2) is 34.1 Å². The van der Waals surface area contributed by atoms with Gasteiger partial charge in [0.25, 0.3) is 0 Å². The van der Waals surface area contributed by atoms with Crippen molar-refractivity contribution in [2.45, 2.75) is 6.92 Å². The summed E-state index contributed by atoms with van der Waals surface area (Å²) in [6.45, 7) is 1.94. The Morgan fingerprint density at radius 3 is 2.87 bits per heavy atom. The van der Waals surface area contributed by atoms with E-state index in [0.29, 0.717) is 5.70 Å². The van der Waals surface area contributed by atoms with E-state index in [2.05, 4.69) is 21.2 Å². The Morgan fingerprint density at radius 2 is 2.40 bits per heavy atom. The first-order valence-corrected chi connectivity index (χ1v) is 5.10. The van der Waals surface area contributed by atoms with Gasteiger partial charge in [0.1, 0.15) is 6.07 Å². The van der Waals surface area contributed by atoms with Gasteiger partial charge in [-0.1, -0.05) is 0 Å². The largest absolute Gasteiger partial charge is 0.462 e. The maximum absolute atomic E-state index is 11.3. The average Bonchev–Trinajstić information content (AvgIpc) is 2.22. The molecule has 0 amide bonds. The number of esters is 1. The van der Waals surface area contributed by atoms with Gasteiger partial charge in [-0.2, -0.15) is 5.26 Å². The number of halogens is 1. The lowest BCUT2D eigenvalue weighted by molar-refractivity contribution is -0.138. The highest BCUT2D eigenvalue weighted by molar-refractivity contribution is 9.11. The minimum atomic E-state index is -0.612. The van der Waals surface area contributed by atoms with Crippen LogP contribution < -0.4 is 5.32 Å². The number of nitriles is 1. The Kier molecular flexibility index (Phi) is 4.13. The quantitative estimate of drug-likeness (QED) is 0.471. The number of carbonyl (C=O) groups excluding carboxylic acids is 1. The molecule has 0 aromatic rings. The van der Waals surface area contributed by atoms with Crippen LogP contribution in [-0.4, -0.2) is 12.6 Å². The molecule has 1 N–H and O–H groups in total. The van der Waals surface area contributed by atoms with E-state index in [-0.39, 0.29) is 12.2 Å². The Balaban J connectivity index is 2.93. The predicted octanol–water partition coefficient (Wildman–Crippen LogP) is 1.72. The van der Waals surface area contributed by atoms with Gasteiger partial charge >= 0.3 is 5.97 Å². The zero-order chi connectivity index (χ0) is 11.3. The summed E-state index contributed by atoms with van der Waals surface area (Å²) in [6.07, 6.45) is 5.02. The van der Waals surface area contributed by atoms with Crippen molar-refractivity contribution in [3.05, 3.63) is 34.1 Å². The zero-order valence-electron chi connectivity index (χ0n) is 8.08. The molecule has 0 radical (unpaired) electrons. The summed E-state index contributed by atoms with van der Waals surface area (Å²) in [5.74, 6) is -0.612. The zero-order valence-corrected chi connectivity index (χ0v) is 9.67. The molecule has 0 bridgehead atoms. The Hall–Kier alpha value is -1.54. The van der Waals surface area contributed by atoms with Gasteiger partial charge in [0, 0.05) is 10.7 Å². The van der Waals surface area contributed by atoms with Gasteiger partial charge in [-0.15, -0.1) is 0 Å². The van der Waals surface area contributed by atoms with E-state index in [1.807, 2.05) is 6.07 Å². The second kappa shape index (κ2) is 5.37. The van der Waals surface area contributed by atoms with Crippen LogP contribution in [0.3, 0.4) is 0 Å². The van der Waals surface area contributed by atoms with Crippen molar-refractivity contribution >= 4 is 21.9 Å². The lowest BCUT2D eigenvalue weighted by atomic mass is 10.2. The first kappa shape index (κ1) is 11.5. The van der Waals surface area contributed by atoms with Crippen LogP contribution in [-0.2, 0) is 9.53 Å². The number of ether oxygens (including phenoxy) is 1. The summed E-state index contributed by atoms with van der Waals surface area (Å²) in [5, 5.41) is 11.6. The van der Waals surface area contributed by atoms with Gasteiger partial charge in [0.15, 0.2) is 5.57 Å². The van der Waals surface area contributed by atoms with Gasteiger partial charge in [-0.25, -0.2) is 4.79 Å². The summed E-state index contributed by atoms with van der Waals surface area (Å²) in [6, 6.07) is 1.82. The summed E-state index contributed by atoms with van der Waals surface area (Å²) in [4.78, 5) is 11.3. The standard InChI is InChI=1S/C10H9BrN2O2/c1-2-15-10(14)8(5-12)9-4-3-7(11)6-13-9/h3-4,6,13H,2H2,1H3/b9-8+. The number of nitrogens with zero attached hydrogens (tertiary/aromatic N) is 1. The summed E-state index contributed by atoms with van der Waals surface area (Å²) >= 11 is 3.24. The summed E-state index contributed by atoms with van der Waals surface area (Å²) in [5.41, 5.74) is 0.420. The first-order chi connectivity index (χ1) is 7.19. The number of allylic oxidation sites excluding steroid dienone is 3. The van der Waals surface area contributed by atoms with Crippen LogP contribution >= 0.6 is 15.9 Å². The minimum absolute atomic E-state index is 0.0237. The van der Waals surface area contributed by atoms with Crippen LogP contribution in [0.5, 0.6) is 0 Å². The van der Waals surface area contributed by atoms with E-state index in [1.54, 1.807) is 25.3 Å². The fraction of sp³-hybridized carbons (Fsp3) is 0.200. The number of dihydropyridines is 1. The highest BCUT2D eigenvalue weighted by Gasteiger charge is 2.15.